The Morgan fingerprint density at radius 1 is 1.00 bits per heavy atom. The Balaban J connectivity index is 1.59. The monoisotopic (exact) mass is 416 g/mol. The van der Waals surface area contributed by atoms with Crippen LogP contribution in [0, 0.1) is 0 Å². The topological polar surface area (TPSA) is 83.1 Å². The van der Waals surface area contributed by atoms with Gasteiger partial charge in [0.25, 0.3) is 0 Å². The van der Waals surface area contributed by atoms with Crippen LogP contribution in [0.5, 0.6) is 0 Å². The van der Waals surface area contributed by atoms with Gasteiger partial charge in [0.05, 0.1) is 11.9 Å². The number of nitrogens with zero attached hydrogens (tertiary/aromatic N) is 1. The van der Waals surface area contributed by atoms with Crippen LogP contribution in [-0.2, 0) is 9.59 Å². The second-order valence-corrected chi connectivity index (χ2v) is 6.59. The molecule has 126 valence electrons. The van der Waals surface area contributed by atoms with Crippen molar-refractivity contribution < 1.29 is 9.59 Å². The van der Waals surface area contributed by atoms with Crippen molar-refractivity contribution in [1.29, 1.82) is 0 Å². The zero-order chi connectivity index (χ0) is 17.6. The lowest BCUT2D eigenvalue weighted by atomic mass is 10.1. The van der Waals surface area contributed by atoms with Crippen LogP contribution in [-0.4, -0.2) is 16.8 Å². The summed E-state index contributed by atoms with van der Waals surface area (Å²) in [6.45, 7) is 0. The fourth-order valence-corrected chi connectivity index (χ4v) is 2.93. The summed E-state index contributed by atoms with van der Waals surface area (Å²) in [6, 6.07) is 12.7. The van der Waals surface area contributed by atoms with Crippen molar-refractivity contribution in [2.45, 2.75) is 0 Å². The SMILES string of the molecule is O=C(NNc1ccc(Br)nc1)C(=O)Nc1cccc(-c2ccsc2)c1. The molecule has 1 aromatic carbocycles. The molecule has 3 aromatic rings. The first-order valence-electron chi connectivity index (χ1n) is 7.23. The van der Waals surface area contributed by atoms with E-state index in [1.165, 1.54) is 6.20 Å². The van der Waals surface area contributed by atoms with E-state index >= 15 is 0 Å². The molecular weight excluding hydrogens is 404 g/mol. The van der Waals surface area contributed by atoms with Crippen molar-refractivity contribution in [1.82, 2.24) is 10.4 Å². The van der Waals surface area contributed by atoms with Gasteiger partial charge in [0.2, 0.25) is 0 Å². The van der Waals surface area contributed by atoms with E-state index in [2.05, 4.69) is 37.1 Å². The average Bonchev–Trinajstić information content (AvgIpc) is 3.16. The first-order valence-corrected chi connectivity index (χ1v) is 8.97. The van der Waals surface area contributed by atoms with Gasteiger partial charge in [-0.2, -0.15) is 11.3 Å². The molecule has 8 heteroatoms. The normalized spacial score (nSPS) is 10.1. The Morgan fingerprint density at radius 3 is 2.60 bits per heavy atom. The number of aromatic nitrogens is 1. The van der Waals surface area contributed by atoms with Crippen LogP contribution < -0.4 is 16.2 Å². The quantitative estimate of drug-likeness (QED) is 0.344. The maximum absolute atomic E-state index is 12.0. The number of hydrogen-bond acceptors (Lipinski definition) is 5. The molecule has 3 rings (SSSR count). The maximum Gasteiger partial charge on any atom is 0.327 e. The van der Waals surface area contributed by atoms with E-state index in [-0.39, 0.29) is 0 Å². The summed E-state index contributed by atoms with van der Waals surface area (Å²) in [7, 11) is 0. The molecule has 0 unspecified atom stereocenters. The van der Waals surface area contributed by atoms with Gasteiger partial charge in [0.1, 0.15) is 4.60 Å². The largest absolute Gasteiger partial charge is 0.327 e. The average molecular weight is 417 g/mol. The summed E-state index contributed by atoms with van der Waals surface area (Å²) in [5, 5.41) is 6.58. The number of carbonyl (C=O) groups is 2. The Labute approximate surface area is 156 Å². The summed E-state index contributed by atoms with van der Waals surface area (Å²) in [6.07, 6.45) is 1.52. The minimum absolute atomic E-state index is 0.550. The molecule has 0 aliphatic rings. The van der Waals surface area contributed by atoms with Crippen molar-refractivity contribution in [3.63, 3.8) is 0 Å². The maximum atomic E-state index is 12.0. The summed E-state index contributed by atoms with van der Waals surface area (Å²) in [5.74, 6) is -1.57. The Hall–Kier alpha value is -2.71. The van der Waals surface area contributed by atoms with Crippen LogP contribution in [0.15, 0.2) is 64.0 Å². The second-order valence-electron chi connectivity index (χ2n) is 5.00. The molecule has 0 atom stereocenters. The van der Waals surface area contributed by atoms with Gasteiger partial charge in [-0.1, -0.05) is 12.1 Å². The second kappa shape index (κ2) is 7.91. The molecule has 0 bridgehead atoms. The number of halogens is 1. The van der Waals surface area contributed by atoms with Gasteiger partial charge in [0, 0.05) is 5.69 Å². The van der Waals surface area contributed by atoms with E-state index in [9.17, 15) is 9.59 Å². The third-order valence-corrected chi connectivity index (χ3v) is 4.38. The van der Waals surface area contributed by atoms with Gasteiger partial charge in [-0.15, -0.1) is 0 Å². The number of carbonyl (C=O) groups excluding carboxylic acids is 2. The molecule has 0 aliphatic heterocycles. The van der Waals surface area contributed by atoms with Crippen molar-refractivity contribution in [3.05, 3.63) is 64.0 Å². The highest BCUT2D eigenvalue weighted by Crippen LogP contribution is 2.24. The van der Waals surface area contributed by atoms with E-state index < -0.39 is 11.8 Å². The van der Waals surface area contributed by atoms with Gasteiger partial charge in [-0.05, 0) is 68.1 Å². The number of benzene rings is 1. The number of anilines is 2. The van der Waals surface area contributed by atoms with Crippen LogP contribution in [0.4, 0.5) is 11.4 Å². The number of rotatable bonds is 4. The molecule has 0 spiro atoms. The van der Waals surface area contributed by atoms with Crippen LogP contribution >= 0.6 is 27.3 Å². The van der Waals surface area contributed by atoms with Crippen LogP contribution in [0.1, 0.15) is 0 Å². The predicted octanol–water partition coefficient (Wildman–Crippen LogP) is 3.65. The van der Waals surface area contributed by atoms with Crippen LogP contribution in [0.2, 0.25) is 0 Å². The summed E-state index contributed by atoms with van der Waals surface area (Å²) in [5.41, 5.74) is 8.10. The van der Waals surface area contributed by atoms with E-state index in [4.69, 9.17) is 0 Å². The van der Waals surface area contributed by atoms with Crippen LogP contribution in [0.25, 0.3) is 11.1 Å². The lowest BCUT2D eigenvalue weighted by Gasteiger charge is -2.09. The minimum Gasteiger partial charge on any atom is -0.318 e. The van der Waals surface area contributed by atoms with Crippen molar-refractivity contribution in [2.24, 2.45) is 0 Å². The molecule has 0 aliphatic carbocycles. The van der Waals surface area contributed by atoms with E-state index in [1.54, 1.807) is 29.5 Å². The molecule has 0 saturated carbocycles. The van der Waals surface area contributed by atoms with Gasteiger partial charge in [-0.3, -0.25) is 20.4 Å². The molecule has 2 amide bonds. The molecule has 0 saturated heterocycles. The van der Waals surface area contributed by atoms with Crippen molar-refractivity contribution in [2.75, 3.05) is 10.7 Å². The van der Waals surface area contributed by atoms with E-state index in [0.29, 0.717) is 16.0 Å². The number of pyridine rings is 1. The number of thiophene rings is 1. The summed E-state index contributed by atoms with van der Waals surface area (Å²) in [4.78, 5) is 27.9. The van der Waals surface area contributed by atoms with E-state index in [0.717, 1.165) is 11.1 Å². The summed E-state index contributed by atoms with van der Waals surface area (Å²) < 4.78 is 0.674. The molecule has 0 fully saturated rings. The molecule has 3 N–H and O–H groups in total. The molecule has 2 aromatic heterocycles. The zero-order valence-corrected chi connectivity index (χ0v) is 15.2. The van der Waals surface area contributed by atoms with E-state index in [1.807, 2.05) is 35.0 Å². The highest BCUT2D eigenvalue weighted by Gasteiger charge is 2.13. The van der Waals surface area contributed by atoms with Gasteiger partial charge >= 0.3 is 11.8 Å². The van der Waals surface area contributed by atoms with Crippen LogP contribution in [0.3, 0.4) is 0 Å². The Kier molecular flexibility index (Phi) is 5.42. The molecule has 6 nitrogen and oxygen atoms in total. The molecule has 0 radical (unpaired) electrons. The van der Waals surface area contributed by atoms with Crippen molar-refractivity contribution in [3.8, 4) is 11.1 Å². The first-order chi connectivity index (χ1) is 12.1. The fraction of sp³-hybridized carbons (Fsp3) is 0. The highest BCUT2D eigenvalue weighted by molar-refractivity contribution is 9.10. The standard InChI is InChI=1S/C17H13BrN4O2S/c18-15-5-4-14(9-19-15)21-22-17(24)16(23)20-13-3-1-2-11(8-13)12-6-7-25-10-12/h1-10,21H,(H,20,23)(H,22,24). The van der Waals surface area contributed by atoms with Gasteiger partial charge < -0.3 is 5.32 Å². The Bertz CT molecular complexity index is 882. The number of hydrogen-bond donors (Lipinski definition) is 3. The van der Waals surface area contributed by atoms with Gasteiger partial charge in [0.15, 0.2) is 0 Å². The highest BCUT2D eigenvalue weighted by atomic mass is 79.9. The zero-order valence-electron chi connectivity index (χ0n) is 12.8. The van der Waals surface area contributed by atoms with Crippen molar-refractivity contribution >= 4 is 50.5 Å². The first kappa shape index (κ1) is 17.1. The Morgan fingerprint density at radius 2 is 1.88 bits per heavy atom. The molecular formula is C17H13BrN4O2S. The lowest BCUT2D eigenvalue weighted by molar-refractivity contribution is -0.135. The predicted molar refractivity (Wildman–Crippen MR) is 102 cm³/mol. The number of nitrogens with one attached hydrogen (secondary N) is 3. The molecule has 25 heavy (non-hydrogen) atoms. The third-order valence-electron chi connectivity index (χ3n) is 3.23. The molecule has 2 heterocycles. The minimum atomic E-state index is -0.802. The smallest absolute Gasteiger partial charge is 0.318 e. The van der Waals surface area contributed by atoms with Gasteiger partial charge in [-0.25, -0.2) is 4.98 Å². The lowest BCUT2D eigenvalue weighted by Crippen LogP contribution is -2.38. The fourth-order valence-electron chi connectivity index (χ4n) is 2.03. The third kappa shape index (κ3) is 4.65. The summed E-state index contributed by atoms with van der Waals surface area (Å²) >= 11 is 4.81. The number of hydrazine groups is 1. The number of amides is 2.